The molecule has 0 amide bonds. The van der Waals surface area contributed by atoms with Crippen LogP contribution in [0.15, 0.2) is 79.4 Å². The number of pyridine rings is 3. The highest BCUT2D eigenvalue weighted by atomic mass is 15.2. The van der Waals surface area contributed by atoms with Crippen molar-refractivity contribution in [1.29, 1.82) is 0 Å². The van der Waals surface area contributed by atoms with Gasteiger partial charge in [-0.2, -0.15) is 0 Å². The van der Waals surface area contributed by atoms with Crippen LogP contribution in [-0.4, -0.2) is 57.5 Å². The van der Waals surface area contributed by atoms with Crippen LogP contribution in [0.25, 0.3) is 39.1 Å². The fraction of sp³-hybridized carbons (Fsp3) is 0.192. The molecule has 5 aromatic rings. The Balaban J connectivity index is 1.33. The quantitative estimate of drug-likeness (QED) is 0.434. The van der Waals surface area contributed by atoms with Crippen LogP contribution in [0.3, 0.4) is 0 Å². The predicted octanol–water partition coefficient (Wildman–Crippen LogP) is 4.36. The zero-order chi connectivity index (χ0) is 21.5. The van der Waals surface area contributed by atoms with Gasteiger partial charge in [0.1, 0.15) is 5.65 Å². The van der Waals surface area contributed by atoms with Crippen molar-refractivity contribution in [3.05, 3.63) is 79.4 Å². The highest BCUT2D eigenvalue weighted by Gasteiger charge is 2.15. The Morgan fingerprint density at radius 3 is 2.44 bits per heavy atom. The van der Waals surface area contributed by atoms with E-state index in [0.717, 1.165) is 54.1 Å². The molecule has 1 fully saturated rings. The Kier molecular flexibility index (Phi) is 4.58. The van der Waals surface area contributed by atoms with Gasteiger partial charge < -0.3 is 9.80 Å². The summed E-state index contributed by atoms with van der Waals surface area (Å²) in [6, 6.07) is 19.2. The summed E-state index contributed by atoms with van der Waals surface area (Å²) in [7, 11) is 2.19. The molecular weight excluding hydrogens is 396 g/mol. The number of hydrogen-bond acceptors (Lipinski definition) is 5. The average Bonchev–Trinajstić information content (AvgIpc) is 3.27. The van der Waals surface area contributed by atoms with Gasteiger partial charge in [-0.3, -0.25) is 4.40 Å². The van der Waals surface area contributed by atoms with E-state index in [1.54, 1.807) is 12.4 Å². The third-order valence-corrected chi connectivity index (χ3v) is 6.37. The van der Waals surface area contributed by atoms with E-state index in [0.29, 0.717) is 0 Å². The first-order valence-corrected chi connectivity index (χ1v) is 11.0. The molecule has 158 valence electrons. The first kappa shape index (κ1) is 19.0. The van der Waals surface area contributed by atoms with E-state index in [9.17, 15) is 0 Å². The normalized spacial score (nSPS) is 15.0. The predicted molar refractivity (Wildman–Crippen MR) is 129 cm³/mol. The third-order valence-electron chi connectivity index (χ3n) is 6.37. The van der Waals surface area contributed by atoms with Crippen molar-refractivity contribution < 1.29 is 0 Å². The maximum atomic E-state index is 4.70. The van der Waals surface area contributed by atoms with Crippen molar-refractivity contribution in [1.82, 2.24) is 24.3 Å². The Morgan fingerprint density at radius 1 is 0.781 bits per heavy atom. The van der Waals surface area contributed by atoms with Crippen LogP contribution in [0.1, 0.15) is 0 Å². The Labute approximate surface area is 186 Å². The minimum Gasteiger partial charge on any atom is -0.369 e. The summed E-state index contributed by atoms with van der Waals surface area (Å²) < 4.78 is 2.13. The minimum absolute atomic E-state index is 0.747. The summed E-state index contributed by atoms with van der Waals surface area (Å²) in [5, 5.41) is 1.03. The van der Waals surface area contributed by atoms with Gasteiger partial charge in [-0.05, 0) is 60.6 Å². The molecule has 1 aliphatic rings. The highest BCUT2D eigenvalue weighted by molar-refractivity contribution is 5.91. The number of fused-ring (bicyclic) bond motifs is 2. The lowest BCUT2D eigenvalue weighted by Gasteiger charge is -2.34. The summed E-state index contributed by atoms with van der Waals surface area (Å²) in [6.07, 6.45) is 7.61. The molecule has 6 rings (SSSR count). The first-order chi connectivity index (χ1) is 15.8. The topological polar surface area (TPSA) is 49.6 Å². The number of anilines is 1. The molecule has 0 bridgehead atoms. The largest absolute Gasteiger partial charge is 0.369 e. The van der Waals surface area contributed by atoms with Crippen LogP contribution >= 0.6 is 0 Å². The molecule has 0 saturated carbocycles. The van der Waals surface area contributed by atoms with Gasteiger partial charge in [-0.25, -0.2) is 15.0 Å². The number of nitrogens with zero attached hydrogens (tertiary/aromatic N) is 6. The summed E-state index contributed by atoms with van der Waals surface area (Å²) >= 11 is 0. The molecule has 6 nitrogen and oxygen atoms in total. The van der Waals surface area contributed by atoms with Gasteiger partial charge in [0.15, 0.2) is 5.65 Å². The lowest BCUT2D eigenvalue weighted by Crippen LogP contribution is -2.44. The van der Waals surface area contributed by atoms with Crippen LogP contribution in [0.2, 0.25) is 0 Å². The highest BCUT2D eigenvalue weighted by Crippen LogP contribution is 2.29. The van der Waals surface area contributed by atoms with E-state index in [4.69, 9.17) is 4.98 Å². The van der Waals surface area contributed by atoms with E-state index in [-0.39, 0.29) is 0 Å². The molecule has 5 heterocycles. The molecule has 6 heteroatoms. The second kappa shape index (κ2) is 7.73. The SMILES string of the molecule is CN1CCN(c2ccc(-c3ccn4c(-c5ccnc6ncccc56)cnc4c3)cc2)CC1. The van der Waals surface area contributed by atoms with Crippen molar-refractivity contribution in [2.24, 2.45) is 0 Å². The summed E-state index contributed by atoms with van der Waals surface area (Å²) in [6.45, 7) is 4.39. The molecule has 0 N–H and O–H groups in total. The number of rotatable bonds is 3. The first-order valence-electron chi connectivity index (χ1n) is 11.0. The lowest BCUT2D eigenvalue weighted by molar-refractivity contribution is 0.313. The molecule has 32 heavy (non-hydrogen) atoms. The zero-order valence-corrected chi connectivity index (χ0v) is 18.0. The average molecular weight is 421 g/mol. The molecule has 4 aromatic heterocycles. The smallest absolute Gasteiger partial charge is 0.159 e. The van der Waals surface area contributed by atoms with Crippen molar-refractivity contribution in [3.63, 3.8) is 0 Å². The van der Waals surface area contributed by atoms with Gasteiger partial charge in [0.05, 0.1) is 11.9 Å². The number of aromatic nitrogens is 4. The van der Waals surface area contributed by atoms with Crippen LogP contribution in [0.4, 0.5) is 5.69 Å². The second-order valence-electron chi connectivity index (χ2n) is 8.36. The summed E-state index contributed by atoms with van der Waals surface area (Å²) in [4.78, 5) is 18.3. The Morgan fingerprint density at radius 2 is 1.59 bits per heavy atom. The Bertz CT molecular complexity index is 1390. The van der Waals surface area contributed by atoms with Crippen molar-refractivity contribution in [3.8, 4) is 22.4 Å². The van der Waals surface area contributed by atoms with Crippen molar-refractivity contribution in [2.75, 3.05) is 38.1 Å². The van der Waals surface area contributed by atoms with Gasteiger partial charge in [-0.15, -0.1) is 0 Å². The maximum Gasteiger partial charge on any atom is 0.159 e. The van der Waals surface area contributed by atoms with E-state index < -0.39 is 0 Å². The van der Waals surface area contributed by atoms with Gasteiger partial charge in [0.25, 0.3) is 0 Å². The second-order valence-corrected chi connectivity index (χ2v) is 8.36. The van der Waals surface area contributed by atoms with E-state index in [1.807, 2.05) is 18.3 Å². The fourth-order valence-electron chi connectivity index (χ4n) is 4.49. The molecule has 0 unspecified atom stereocenters. The Hall–Kier alpha value is -3.77. The monoisotopic (exact) mass is 420 g/mol. The number of piperazine rings is 1. The van der Waals surface area contributed by atoms with Crippen LogP contribution in [0, 0.1) is 0 Å². The lowest BCUT2D eigenvalue weighted by atomic mass is 10.1. The van der Waals surface area contributed by atoms with Gasteiger partial charge in [-0.1, -0.05) is 12.1 Å². The van der Waals surface area contributed by atoms with Crippen LogP contribution < -0.4 is 4.90 Å². The number of hydrogen-bond donors (Lipinski definition) is 0. The molecular formula is C26H24N6. The molecule has 1 saturated heterocycles. The number of likely N-dealkylation sites (N-methyl/N-ethyl adjacent to an activating group) is 1. The van der Waals surface area contributed by atoms with Crippen LogP contribution in [-0.2, 0) is 0 Å². The number of benzene rings is 1. The molecule has 1 aliphatic heterocycles. The molecule has 0 aliphatic carbocycles. The molecule has 0 spiro atoms. The zero-order valence-electron chi connectivity index (χ0n) is 18.0. The van der Waals surface area contributed by atoms with E-state index in [2.05, 4.69) is 79.9 Å². The molecule has 0 atom stereocenters. The minimum atomic E-state index is 0.747. The standard InChI is InChI=1S/C26H24N6/c1-30-13-15-31(16-14-30)21-6-4-19(5-7-21)20-9-12-32-24(18-29-25(32)17-20)22-8-11-28-26-23(22)3-2-10-27-26/h2-12,17-18H,13-16H2,1H3. The van der Waals surface area contributed by atoms with Crippen molar-refractivity contribution >= 4 is 22.4 Å². The van der Waals surface area contributed by atoms with Gasteiger partial charge in [0, 0.05) is 61.4 Å². The number of imidazole rings is 1. The van der Waals surface area contributed by atoms with Gasteiger partial charge >= 0.3 is 0 Å². The van der Waals surface area contributed by atoms with E-state index >= 15 is 0 Å². The fourth-order valence-corrected chi connectivity index (χ4v) is 4.49. The van der Waals surface area contributed by atoms with E-state index in [1.165, 1.54) is 16.8 Å². The third kappa shape index (κ3) is 3.29. The maximum absolute atomic E-state index is 4.70. The summed E-state index contributed by atoms with van der Waals surface area (Å²) in [5.74, 6) is 0. The summed E-state index contributed by atoms with van der Waals surface area (Å²) in [5.41, 5.74) is 7.46. The van der Waals surface area contributed by atoms with Crippen LogP contribution in [0.5, 0.6) is 0 Å². The van der Waals surface area contributed by atoms with Crippen molar-refractivity contribution in [2.45, 2.75) is 0 Å². The van der Waals surface area contributed by atoms with Gasteiger partial charge in [0.2, 0.25) is 0 Å². The molecule has 1 aromatic carbocycles. The molecule has 0 radical (unpaired) electrons.